The van der Waals surface area contributed by atoms with Gasteiger partial charge >= 0.3 is 0 Å². The van der Waals surface area contributed by atoms with Crippen LogP contribution in [-0.2, 0) is 6.42 Å². The number of halogens is 1. The van der Waals surface area contributed by atoms with Gasteiger partial charge in [-0.05, 0) is 62.1 Å². The molecular formula is C17H20ClNO. The highest BCUT2D eigenvalue weighted by atomic mass is 35.5. The fourth-order valence-electron chi connectivity index (χ4n) is 2.05. The van der Waals surface area contributed by atoms with Gasteiger partial charge in [0.25, 0.3) is 0 Å². The van der Waals surface area contributed by atoms with E-state index in [4.69, 9.17) is 22.1 Å². The highest BCUT2D eigenvalue weighted by Crippen LogP contribution is 2.29. The number of rotatable bonds is 4. The number of aryl methyl sites for hydroxylation is 2. The summed E-state index contributed by atoms with van der Waals surface area (Å²) in [6.07, 6.45) is 0.766. The molecule has 0 bridgehead atoms. The van der Waals surface area contributed by atoms with Gasteiger partial charge in [-0.15, -0.1) is 0 Å². The van der Waals surface area contributed by atoms with Crippen molar-refractivity contribution in [2.75, 3.05) is 0 Å². The van der Waals surface area contributed by atoms with E-state index in [0.29, 0.717) is 5.02 Å². The van der Waals surface area contributed by atoms with Gasteiger partial charge in [0.05, 0.1) is 0 Å². The van der Waals surface area contributed by atoms with Crippen molar-refractivity contribution in [2.45, 2.75) is 33.2 Å². The van der Waals surface area contributed by atoms with Gasteiger partial charge < -0.3 is 10.5 Å². The number of ether oxygens (including phenoxy) is 1. The molecule has 2 N–H and O–H groups in total. The van der Waals surface area contributed by atoms with Crippen molar-refractivity contribution < 1.29 is 4.74 Å². The van der Waals surface area contributed by atoms with E-state index >= 15 is 0 Å². The van der Waals surface area contributed by atoms with Crippen molar-refractivity contribution in [1.29, 1.82) is 0 Å². The van der Waals surface area contributed by atoms with Gasteiger partial charge in [-0.25, -0.2) is 0 Å². The van der Waals surface area contributed by atoms with Crippen LogP contribution in [0.25, 0.3) is 0 Å². The lowest BCUT2D eigenvalue weighted by Crippen LogP contribution is -2.17. The molecule has 1 unspecified atom stereocenters. The smallest absolute Gasteiger partial charge is 0.130 e. The first kappa shape index (κ1) is 14.9. The summed E-state index contributed by atoms with van der Waals surface area (Å²) in [6, 6.07) is 12.0. The van der Waals surface area contributed by atoms with Gasteiger partial charge in [0.2, 0.25) is 0 Å². The summed E-state index contributed by atoms with van der Waals surface area (Å²) >= 11 is 6.28. The Morgan fingerprint density at radius 1 is 1.15 bits per heavy atom. The van der Waals surface area contributed by atoms with E-state index in [2.05, 4.69) is 12.1 Å². The minimum Gasteiger partial charge on any atom is -0.457 e. The lowest BCUT2D eigenvalue weighted by Gasteiger charge is -2.12. The Morgan fingerprint density at radius 3 is 2.55 bits per heavy atom. The molecular weight excluding hydrogens is 270 g/mol. The molecule has 0 radical (unpaired) electrons. The van der Waals surface area contributed by atoms with Crippen molar-refractivity contribution in [3.63, 3.8) is 0 Å². The Balaban J connectivity index is 2.22. The summed E-state index contributed by atoms with van der Waals surface area (Å²) in [5.74, 6) is 1.61. The SMILES string of the molecule is Cc1ccc(C)c(Oc2ccc(CC(C)N)c(Cl)c2)c1. The molecule has 0 fully saturated rings. The molecule has 0 aliphatic carbocycles. The molecule has 106 valence electrons. The second-order valence-electron chi connectivity index (χ2n) is 5.31. The highest BCUT2D eigenvalue weighted by molar-refractivity contribution is 6.31. The molecule has 20 heavy (non-hydrogen) atoms. The molecule has 0 aliphatic rings. The van der Waals surface area contributed by atoms with Crippen molar-refractivity contribution in [3.8, 4) is 11.5 Å². The Labute approximate surface area is 125 Å². The van der Waals surface area contributed by atoms with Crippen LogP contribution in [0.3, 0.4) is 0 Å². The number of hydrogen-bond acceptors (Lipinski definition) is 2. The number of benzene rings is 2. The van der Waals surface area contributed by atoms with Gasteiger partial charge in [0.15, 0.2) is 0 Å². The summed E-state index contributed by atoms with van der Waals surface area (Å²) in [6.45, 7) is 6.04. The van der Waals surface area contributed by atoms with Crippen LogP contribution >= 0.6 is 11.6 Å². The zero-order valence-electron chi connectivity index (χ0n) is 12.1. The first-order valence-corrected chi connectivity index (χ1v) is 7.12. The second-order valence-corrected chi connectivity index (χ2v) is 5.71. The quantitative estimate of drug-likeness (QED) is 0.890. The molecule has 0 saturated heterocycles. The molecule has 3 heteroatoms. The zero-order valence-corrected chi connectivity index (χ0v) is 12.9. The molecule has 0 spiro atoms. The Hall–Kier alpha value is -1.51. The molecule has 2 rings (SSSR count). The van der Waals surface area contributed by atoms with E-state index in [0.717, 1.165) is 29.0 Å². The van der Waals surface area contributed by atoms with Gasteiger partial charge in [0.1, 0.15) is 11.5 Å². The summed E-state index contributed by atoms with van der Waals surface area (Å²) in [7, 11) is 0. The number of nitrogens with two attached hydrogens (primary N) is 1. The standard InChI is InChI=1S/C17H20ClNO/c1-11-4-5-12(2)17(8-11)20-15-7-6-14(9-13(3)19)16(18)10-15/h4-8,10,13H,9,19H2,1-3H3. The van der Waals surface area contributed by atoms with E-state index in [1.807, 2.05) is 45.0 Å². The Bertz CT molecular complexity index is 608. The molecule has 2 aromatic rings. The van der Waals surface area contributed by atoms with Crippen LogP contribution in [0.4, 0.5) is 0 Å². The van der Waals surface area contributed by atoms with E-state index in [9.17, 15) is 0 Å². The normalized spacial score (nSPS) is 12.2. The average molecular weight is 290 g/mol. The third-order valence-electron chi connectivity index (χ3n) is 3.14. The lowest BCUT2D eigenvalue weighted by molar-refractivity contribution is 0.478. The summed E-state index contributed by atoms with van der Waals surface area (Å²) in [4.78, 5) is 0. The van der Waals surface area contributed by atoms with E-state index in [1.165, 1.54) is 5.56 Å². The molecule has 0 aliphatic heterocycles. The van der Waals surface area contributed by atoms with Crippen LogP contribution in [0.2, 0.25) is 5.02 Å². The van der Waals surface area contributed by atoms with Crippen LogP contribution < -0.4 is 10.5 Å². The summed E-state index contributed by atoms with van der Waals surface area (Å²) in [5, 5.41) is 0.699. The lowest BCUT2D eigenvalue weighted by atomic mass is 10.1. The predicted octanol–water partition coefficient (Wildman–Crippen LogP) is 4.64. The first-order valence-electron chi connectivity index (χ1n) is 6.75. The predicted molar refractivity (Wildman–Crippen MR) is 84.8 cm³/mol. The van der Waals surface area contributed by atoms with Gasteiger partial charge in [-0.2, -0.15) is 0 Å². The number of hydrogen-bond donors (Lipinski definition) is 1. The van der Waals surface area contributed by atoms with Gasteiger partial charge in [0, 0.05) is 11.1 Å². The van der Waals surface area contributed by atoms with E-state index in [1.54, 1.807) is 0 Å². The van der Waals surface area contributed by atoms with Crippen molar-refractivity contribution in [2.24, 2.45) is 5.73 Å². The van der Waals surface area contributed by atoms with Crippen molar-refractivity contribution in [3.05, 3.63) is 58.1 Å². The van der Waals surface area contributed by atoms with Gasteiger partial charge in [-0.3, -0.25) is 0 Å². The third-order valence-corrected chi connectivity index (χ3v) is 3.49. The molecule has 2 nitrogen and oxygen atoms in total. The van der Waals surface area contributed by atoms with Crippen LogP contribution in [-0.4, -0.2) is 6.04 Å². The van der Waals surface area contributed by atoms with E-state index < -0.39 is 0 Å². The summed E-state index contributed by atoms with van der Waals surface area (Å²) < 4.78 is 5.92. The molecule has 0 amide bonds. The summed E-state index contributed by atoms with van der Waals surface area (Å²) in [5.41, 5.74) is 9.13. The van der Waals surface area contributed by atoms with Crippen LogP contribution in [0.5, 0.6) is 11.5 Å². The van der Waals surface area contributed by atoms with Crippen LogP contribution in [0.15, 0.2) is 36.4 Å². The molecule has 0 aromatic heterocycles. The second kappa shape index (κ2) is 6.29. The maximum absolute atomic E-state index is 6.28. The minimum atomic E-state index is 0.0956. The molecule has 1 atom stereocenters. The van der Waals surface area contributed by atoms with Gasteiger partial charge in [-0.1, -0.05) is 29.8 Å². The Kier molecular flexibility index (Phi) is 4.69. The highest BCUT2D eigenvalue weighted by Gasteiger charge is 2.07. The maximum atomic E-state index is 6.28. The Morgan fingerprint density at radius 2 is 1.90 bits per heavy atom. The first-order chi connectivity index (χ1) is 9.45. The van der Waals surface area contributed by atoms with Crippen LogP contribution in [0, 0.1) is 13.8 Å². The average Bonchev–Trinajstić information content (AvgIpc) is 2.37. The fraction of sp³-hybridized carbons (Fsp3) is 0.294. The molecule has 0 saturated carbocycles. The minimum absolute atomic E-state index is 0.0956. The monoisotopic (exact) mass is 289 g/mol. The maximum Gasteiger partial charge on any atom is 0.130 e. The molecule has 0 heterocycles. The molecule has 2 aromatic carbocycles. The zero-order chi connectivity index (χ0) is 14.7. The van der Waals surface area contributed by atoms with Crippen molar-refractivity contribution in [1.82, 2.24) is 0 Å². The van der Waals surface area contributed by atoms with Crippen LogP contribution in [0.1, 0.15) is 23.6 Å². The van der Waals surface area contributed by atoms with Crippen molar-refractivity contribution >= 4 is 11.6 Å². The topological polar surface area (TPSA) is 35.2 Å². The largest absolute Gasteiger partial charge is 0.457 e. The fourth-order valence-corrected chi connectivity index (χ4v) is 2.30. The third kappa shape index (κ3) is 3.75. The van der Waals surface area contributed by atoms with E-state index in [-0.39, 0.29) is 6.04 Å².